The fourth-order valence-electron chi connectivity index (χ4n) is 1.63. The van der Waals surface area contributed by atoms with Crippen LogP contribution >= 0.6 is 15.9 Å². The molecule has 1 aromatic heterocycles. The molecule has 0 bridgehead atoms. The smallest absolute Gasteiger partial charge is 0.222 e. The molecule has 0 amide bonds. The Bertz CT molecular complexity index is 595. The maximum Gasteiger partial charge on any atom is 0.222 e. The van der Waals surface area contributed by atoms with E-state index in [1.54, 1.807) is 0 Å². The van der Waals surface area contributed by atoms with Crippen LogP contribution in [-0.2, 0) is 0 Å². The highest BCUT2D eigenvalue weighted by Crippen LogP contribution is 2.25. The molecule has 1 aromatic carbocycles. The molecule has 2 aromatic rings. The topological polar surface area (TPSA) is 84.1 Å². The number of fused-ring (bicyclic) bond motifs is 1. The normalized spacial score (nSPS) is 11.8. The average molecular weight is 325 g/mol. The number of nitrogens with one attached hydrogen (secondary N) is 1. The number of aromatic nitrogens is 2. The van der Waals surface area contributed by atoms with Crippen LogP contribution < -0.4 is 11.1 Å². The van der Waals surface area contributed by atoms with Gasteiger partial charge in [0.05, 0.1) is 5.52 Å². The van der Waals surface area contributed by atoms with E-state index in [9.17, 15) is 5.11 Å². The first kappa shape index (κ1) is 14.0. The van der Waals surface area contributed by atoms with Gasteiger partial charge in [0.2, 0.25) is 5.95 Å². The van der Waals surface area contributed by atoms with Crippen LogP contribution in [0, 0.1) is 5.41 Å². The van der Waals surface area contributed by atoms with Gasteiger partial charge in [0.15, 0.2) is 0 Å². The molecular weight excluding hydrogens is 308 g/mol. The van der Waals surface area contributed by atoms with Gasteiger partial charge in [-0.15, -0.1) is 0 Å². The molecule has 1 heterocycles. The summed E-state index contributed by atoms with van der Waals surface area (Å²) < 4.78 is 0.944. The van der Waals surface area contributed by atoms with Crippen molar-refractivity contribution in [3.63, 3.8) is 0 Å². The second-order valence-corrected chi connectivity index (χ2v) is 6.18. The van der Waals surface area contributed by atoms with Crippen LogP contribution in [0.4, 0.5) is 11.8 Å². The Hall–Kier alpha value is -1.40. The van der Waals surface area contributed by atoms with Gasteiger partial charge in [-0.2, -0.15) is 4.98 Å². The maximum atomic E-state index is 9.27. The van der Waals surface area contributed by atoms with Gasteiger partial charge in [-0.1, -0.05) is 29.8 Å². The van der Waals surface area contributed by atoms with Crippen molar-refractivity contribution in [3.8, 4) is 0 Å². The van der Waals surface area contributed by atoms with Crippen molar-refractivity contribution in [2.75, 3.05) is 24.2 Å². The molecule has 4 N–H and O–H groups in total. The second kappa shape index (κ2) is 5.30. The van der Waals surface area contributed by atoms with Crippen molar-refractivity contribution >= 4 is 38.6 Å². The molecule has 0 aliphatic heterocycles. The summed E-state index contributed by atoms with van der Waals surface area (Å²) in [6.45, 7) is 4.65. The van der Waals surface area contributed by atoms with E-state index in [4.69, 9.17) is 5.73 Å². The number of nitrogens with zero attached hydrogens (tertiary/aromatic N) is 2. The van der Waals surface area contributed by atoms with Crippen LogP contribution in [0.3, 0.4) is 0 Å². The number of halogens is 1. The third-order valence-corrected chi connectivity index (χ3v) is 3.33. The molecule has 0 radical (unpaired) electrons. The quantitative estimate of drug-likeness (QED) is 0.804. The number of nitrogens with two attached hydrogens (primary N) is 1. The van der Waals surface area contributed by atoms with Crippen molar-refractivity contribution < 1.29 is 5.11 Å². The Labute approximate surface area is 120 Å². The summed E-state index contributed by atoms with van der Waals surface area (Å²) in [6.07, 6.45) is 0. The van der Waals surface area contributed by atoms with E-state index < -0.39 is 0 Å². The van der Waals surface area contributed by atoms with Crippen molar-refractivity contribution in [2.24, 2.45) is 5.41 Å². The maximum absolute atomic E-state index is 9.27. The molecular formula is C13H17BrN4O. The number of anilines is 2. The van der Waals surface area contributed by atoms with Gasteiger partial charge in [0.1, 0.15) is 5.82 Å². The molecule has 0 atom stereocenters. The highest BCUT2D eigenvalue weighted by molar-refractivity contribution is 9.10. The van der Waals surface area contributed by atoms with Gasteiger partial charge in [0, 0.05) is 28.4 Å². The number of rotatable bonds is 4. The predicted molar refractivity (Wildman–Crippen MR) is 81.0 cm³/mol. The first-order chi connectivity index (χ1) is 8.91. The van der Waals surface area contributed by atoms with Crippen LogP contribution in [0.2, 0.25) is 0 Å². The molecule has 0 spiro atoms. The van der Waals surface area contributed by atoms with Crippen molar-refractivity contribution in [1.29, 1.82) is 0 Å². The van der Waals surface area contributed by atoms with Gasteiger partial charge in [0.25, 0.3) is 0 Å². The van der Waals surface area contributed by atoms with E-state index in [0.717, 1.165) is 15.4 Å². The predicted octanol–water partition coefficient (Wildman–Crippen LogP) is 2.40. The Kier molecular flexibility index (Phi) is 3.91. The van der Waals surface area contributed by atoms with Gasteiger partial charge in [-0.3, -0.25) is 0 Å². The van der Waals surface area contributed by atoms with E-state index in [2.05, 4.69) is 31.2 Å². The molecule has 19 heavy (non-hydrogen) atoms. The Morgan fingerprint density at radius 2 is 2.11 bits per heavy atom. The Balaban J connectivity index is 2.37. The molecule has 102 valence electrons. The minimum atomic E-state index is -0.221. The zero-order valence-corrected chi connectivity index (χ0v) is 12.5. The van der Waals surface area contributed by atoms with Crippen molar-refractivity contribution in [2.45, 2.75) is 13.8 Å². The standard InChI is InChI=1S/C13H17BrN4O/c1-13(2,7-19)6-16-11-9-4-3-8(14)5-10(9)17-12(15)18-11/h3-5,19H,6-7H2,1-2H3,(H3,15,16,17,18). The lowest BCUT2D eigenvalue weighted by molar-refractivity contribution is 0.171. The lowest BCUT2D eigenvalue weighted by Crippen LogP contribution is -2.27. The van der Waals surface area contributed by atoms with E-state index in [0.29, 0.717) is 12.4 Å². The number of hydrogen-bond acceptors (Lipinski definition) is 5. The van der Waals surface area contributed by atoms with E-state index in [-0.39, 0.29) is 18.0 Å². The van der Waals surface area contributed by atoms with Gasteiger partial charge < -0.3 is 16.2 Å². The third-order valence-electron chi connectivity index (χ3n) is 2.84. The fraction of sp³-hybridized carbons (Fsp3) is 0.385. The lowest BCUT2D eigenvalue weighted by Gasteiger charge is -2.22. The van der Waals surface area contributed by atoms with Crippen molar-refractivity contribution in [3.05, 3.63) is 22.7 Å². The van der Waals surface area contributed by atoms with E-state index >= 15 is 0 Å². The van der Waals surface area contributed by atoms with E-state index in [1.807, 2.05) is 32.0 Å². The minimum Gasteiger partial charge on any atom is -0.396 e. The second-order valence-electron chi connectivity index (χ2n) is 5.27. The summed E-state index contributed by atoms with van der Waals surface area (Å²) in [5.41, 5.74) is 6.28. The number of benzene rings is 1. The first-order valence-corrected chi connectivity index (χ1v) is 6.78. The number of hydrogen-bond donors (Lipinski definition) is 3. The summed E-state index contributed by atoms with van der Waals surface area (Å²) in [6, 6.07) is 5.77. The lowest BCUT2D eigenvalue weighted by atomic mass is 9.95. The number of aliphatic hydroxyl groups excluding tert-OH is 1. The molecule has 0 saturated carbocycles. The Morgan fingerprint density at radius 1 is 1.37 bits per heavy atom. The average Bonchev–Trinajstić information content (AvgIpc) is 2.35. The SMILES string of the molecule is CC(C)(CO)CNc1nc(N)nc2cc(Br)ccc12. The Morgan fingerprint density at radius 3 is 2.79 bits per heavy atom. The van der Waals surface area contributed by atoms with Crippen LogP contribution in [-0.4, -0.2) is 28.2 Å². The van der Waals surface area contributed by atoms with Gasteiger partial charge in [-0.25, -0.2) is 4.98 Å². The third kappa shape index (κ3) is 3.33. The van der Waals surface area contributed by atoms with Crippen LogP contribution in [0.5, 0.6) is 0 Å². The zero-order chi connectivity index (χ0) is 14.0. The molecule has 5 nitrogen and oxygen atoms in total. The van der Waals surface area contributed by atoms with Gasteiger partial charge >= 0.3 is 0 Å². The minimum absolute atomic E-state index is 0.101. The van der Waals surface area contributed by atoms with Crippen LogP contribution in [0.15, 0.2) is 22.7 Å². The highest BCUT2D eigenvalue weighted by atomic mass is 79.9. The summed E-state index contributed by atoms with van der Waals surface area (Å²) in [4.78, 5) is 8.44. The summed E-state index contributed by atoms with van der Waals surface area (Å²) in [5, 5.41) is 13.4. The molecule has 0 unspecified atom stereocenters. The van der Waals surface area contributed by atoms with Crippen molar-refractivity contribution in [1.82, 2.24) is 9.97 Å². The molecule has 0 saturated heterocycles. The molecule has 6 heteroatoms. The monoisotopic (exact) mass is 324 g/mol. The first-order valence-electron chi connectivity index (χ1n) is 5.99. The fourth-order valence-corrected chi connectivity index (χ4v) is 1.98. The largest absolute Gasteiger partial charge is 0.396 e. The van der Waals surface area contributed by atoms with Crippen LogP contribution in [0.1, 0.15) is 13.8 Å². The number of nitrogen functional groups attached to an aromatic ring is 1. The zero-order valence-electron chi connectivity index (χ0n) is 10.9. The summed E-state index contributed by atoms with van der Waals surface area (Å²) in [7, 11) is 0. The van der Waals surface area contributed by atoms with Gasteiger partial charge in [-0.05, 0) is 18.2 Å². The van der Waals surface area contributed by atoms with Crippen LogP contribution in [0.25, 0.3) is 10.9 Å². The summed E-state index contributed by atoms with van der Waals surface area (Å²) >= 11 is 3.41. The summed E-state index contributed by atoms with van der Waals surface area (Å²) in [5.74, 6) is 0.923. The molecule has 0 aliphatic carbocycles. The molecule has 0 fully saturated rings. The van der Waals surface area contributed by atoms with E-state index in [1.165, 1.54) is 0 Å². The molecule has 2 rings (SSSR count). The molecule has 0 aliphatic rings. The highest BCUT2D eigenvalue weighted by Gasteiger charge is 2.17. The number of aliphatic hydroxyl groups is 1.